The largest absolute Gasteiger partial charge is 0.358 e. The van der Waals surface area contributed by atoms with Gasteiger partial charge in [0.05, 0.1) is 11.4 Å². The third-order valence-corrected chi connectivity index (χ3v) is 5.99. The number of rotatable bonds is 4. The molecule has 2 aromatic rings. The molecule has 1 saturated heterocycles. The molecule has 1 fully saturated rings. The smallest absolute Gasteiger partial charge is 0.251 e. The quantitative estimate of drug-likeness (QED) is 0.794. The van der Waals surface area contributed by atoms with Crippen LogP contribution in [-0.4, -0.2) is 30.7 Å². The Hall–Kier alpha value is -2.47. The van der Waals surface area contributed by atoms with Crippen LogP contribution in [0.25, 0.3) is 0 Å². The zero-order valence-electron chi connectivity index (χ0n) is 15.3. The molecule has 2 heterocycles. The van der Waals surface area contributed by atoms with E-state index in [1.165, 1.54) is 4.90 Å². The average Bonchev–Trinajstić information content (AvgIpc) is 2.72. The van der Waals surface area contributed by atoms with Crippen LogP contribution in [0.3, 0.4) is 0 Å². The molecule has 0 aromatic heterocycles. The average molecular weight is 382 g/mol. The highest BCUT2D eigenvalue weighted by atomic mass is 32.2. The Morgan fingerprint density at radius 3 is 2.81 bits per heavy atom. The van der Waals surface area contributed by atoms with Crippen LogP contribution < -0.4 is 15.5 Å². The van der Waals surface area contributed by atoms with Crippen LogP contribution in [0.5, 0.6) is 0 Å². The van der Waals surface area contributed by atoms with Crippen molar-refractivity contribution in [1.82, 2.24) is 5.32 Å². The first kappa shape index (κ1) is 17.9. The summed E-state index contributed by atoms with van der Waals surface area (Å²) in [6, 6.07) is 13.7. The highest BCUT2D eigenvalue weighted by Gasteiger charge is 2.34. The van der Waals surface area contributed by atoms with Crippen LogP contribution in [-0.2, 0) is 11.3 Å². The Morgan fingerprint density at radius 1 is 1.22 bits per heavy atom. The summed E-state index contributed by atoms with van der Waals surface area (Å²) >= 11 is 1.69. The molecule has 4 rings (SSSR count). The maximum atomic E-state index is 12.5. The maximum absolute atomic E-state index is 12.5. The molecule has 140 valence electrons. The van der Waals surface area contributed by atoms with Crippen molar-refractivity contribution in [2.45, 2.75) is 36.7 Å². The maximum Gasteiger partial charge on any atom is 0.251 e. The van der Waals surface area contributed by atoms with Crippen molar-refractivity contribution in [3.05, 3.63) is 53.6 Å². The fourth-order valence-corrected chi connectivity index (χ4v) is 4.17. The molecular weight excluding hydrogens is 358 g/mol. The highest BCUT2D eigenvalue weighted by molar-refractivity contribution is 7.98. The second kappa shape index (κ2) is 7.64. The van der Waals surface area contributed by atoms with E-state index in [4.69, 9.17) is 0 Å². The van der Waals surface area contributed by atoms with Crippen LogP contribution in [0.15, 0.2) is 47.4 Å². The lowest BCUT2D eigenvalue weighted by molar-refractivity contribution is -0.118. The van der Waals surface area contributed by atoms with Crippen LogP contribution >= 0.6 is 11.8 Å². The van der Waals surface area contributed by atoms with Gasteiger partial charge in [0.1, 0.15) is 6.04 Å². The van der Waals surface area contributed by atoms with E-state index in [0.29, 0.717) is 12.1 Å². The predicted octanol–water partition coefficient (Wildman–Crippen LogP) is 3.65. The van der Waals surface area contributed by atoms with Crippen molar-refractivity contribution in [2.75, 3.05) is 23.0 Å². The fourth-order valence-electron chi connectivity index (χ4n) is 3.76. The van der Waals surface area contributed by atoms with Gasteiger partial charge in [-0.05, 0) is 61.4 Å². The number of anilines is 2. The lowest BCUT2D eigenvalue weighted by atomic mass is 9.97. The molecule has 2 N–H and O–H groups in total. The lowest BCUT2D eigenvalue weighted by Gasteiger charge is -2.41. The summed E-state index contributed by atoms with van der Waals surface area (Å²) < 4.78 is 0. The first-order chi connectivity index (χ1) is 13.2. The molecule has 5 nitrogen and oxygen atoms in total. The van der Waals surface area contributed by atoms with E-state index in [0.717, 1.165) is 42.7 Å². The van der Waals surface area contributed by atoms with Crippen LogP contribution in [0.2, 0.25) is 0 Å². The number of carbonyl (C=O) groups is 2. The molecule has 0 radical (unpaired) electrons. The van der Waals surface area contributed by atoms with E-state index >= 15 is 0 Å². The van der Waals surface area contributed by atoms with Crippen molar-refractivity contribution in [1.29, 1.82) is 0 Å². The topological polar surface area (TPSA) is 61.4 Å². The van der Waals surface area contributed by atoms with Gasteiger partial charge in [0.2, 0.25) is 5.91 Å². The molecule has 2 aliphatic rings. The van der Waals surface area contributed by atoms with E-state index in [1.807, 2.05) is 30.5 Å². The number of nitrogens with one attached hydrogen (secondary N) is 2. The minimum absolute atomic E-state index is 0.0358. The van der Waals surface area contributed by atoms with Gasteiger partial charge in [-0.2, -0.15) is 0 Å². The molecule has 1 unspecified atom stereocenters. The summed E-state index contributed by atoms with van der Waals surface area (Å²) in [7, 11) is 0. The number of fused-ring (bicyclic) bond motifs is 3. The van der Waals surface area contributed by atoms with E-state index < -0.39 is 0 Å². The van der Waals surface area contributed by atoms with Gasteiger partial charge in [-0.1, -0.05) is 12.1 Å². The van der Waals surface area contributed by atoms with Gasteiger partial charge in [0, 0.05) is 23.5 Å². The van der Waals surface area contributed by atoms with Gasteiger partial charge in [-0.3, -0.25) is 9.59 Å². The predicted molar refractivity (Wildman–Crippen MR) is 109 cm³/mol. The summed E-state index contributed by atoms with van der Waals surface area (Å²) in [5, 5.41) is 5.93. The Kier molecular flexibility index (Phi) is 5.07. The monoisotopic (exact) mass is 381 g/mol. The fraction of sp³-hybridized carbons (Fsp3) is 0.333. The summed E-state index contributed by atoms with van der Waals surface area (Å²) in [6.45, 7) is 1.37. The number of piperidine rings is 1. The van der Waals surface area contributed by atoms with Gasteiger partial charge in [-0.15, -0.1) is 11.8 Å². The molecule has 2 amide bonds. The Balaban J connectivity index is 1.47. The number of hydrogen-bond acceptors (Lipinski definition) is 4. The Labute approximate surface area is 163 Å². The van der Waals surface area contributed by atoms with Crippen molar-refractivity contribution < 1.29 is 9.59 Å². The Morgan fingerprint density at radius 2 is 2.04 bits per heavy atom. The summed E-state index contributed by atoms with van der Waals surface area (Å²) in [5.41, 5.74) is 3.37. The van der Waals surface area contributed by atoms with Crippen LogP contribution in [0, 0.1) is 0 Å². The minimum Gasteiger partial charge on any atom is -0.358 e. The number of nitrogens with zero attached hydrogens (tertiary/aromatic N) is 1. The van der Waals surface area contributed by atoms with Gasteiger partial charge in [0.15, 0.2) is 0 Å². The number of carbonyl (C=O) groups excluding carboxylic acids is 2. The number of thioether (sulfide) groups is 1. The molecule has 2 aliphatic heterocycles. The van der Waals surface area contributed by atoms with Crippen LogP contribution in [0.1, 0.15) is 35.2 Å². The van der Waals surface area contributed by atoms with Crippen molar-refractivity contribution in [2.24, 2.45) is 0 Å². The number of amides is 2. The molecule has 27 heavy (non-hydrogen) atoms. The van der Waals surface area contributed by atoms with Crippen molar-refractivity contribution in [3.63, 3.8) is 0 Å². The van der Waals surface area contributed by atoms with Gasteiger partial charge in [0.25, 0.3) is 5.91 Å². The zero-order chi connectivity index (χ0) is 18.8. The highest BCUT2D eigenvalue weighted by Crippen LogP contribution is 2.36. The zero-order valence-corrected chi connectivity index (χ0v) is 16.1. The molecule has 0 aliphatic carbocycles. The first-order valence-corrected chi connectivity index (χ1v) is 10.5. The second-order valence-corrected chi connectivity index (χ2v) is 7.84. The van der Waals surface area contributed by atoms with Gasteiger partial charge >= 0.3 is 0 Å². The van der Waals surface area contributed by atoms with E-state index in [-0.39, 0.29) is 17.9 Å². The van der Waals surface area contributed by atoms with Gasteiger partial charge < -0.3 is 15.5 Å². The molecule has 0 saturated carbocycles. The Bertz CT molecular complexity index is 866. The van der Waals surface area contributed by atoms with E-state index in [9.17, 15) is 9.59 Å². The SMILES string of the molecule is CSc1ccc(CNC(=O)c2ccc3c(c2)NC(=O)C2CCCCN32)cc1. The van der Waals surface area contributed by atoms with Crippen LogP contribution in [0.4, 0.5) is 11.4 Å². The normalized spacial score (nSPS) is 18.3. The number of benzene rings is 2. The molecule has 6 heteroatoms. The molecule has 0 spiro atoms. The first-order valence-electron chi connectivity index (χ1n) is 9.28. The van der Waals surface area contributed by atoms with Crippen molar-refractivity contribution >= 4 is 35.0 Å². The minimum atomic E-state index is -0.137. The third-order valence-electron chi connectivity index (χ3n) is 5.24. The number of hydrogen-bond donors (Lipinski definition) is 2. The third kappa shape index (κ3) is 3.67. The second-order valence-electron chi connectivity index (χ2n) is 6.96. The summed E-state index contributed by atoms with van der Waals surface area (Å²) in [5.74, 6) is -0.101. The summed E-state index contributed by atoms with van der Waals surface area (Å²) in [4.78, 5) is 28.3. The van der Waals surface area contributed by atoms with Gasteiger partial charge in [-0.25, -0.2) is 0 Å². The summed E-state index contributed by atoms with van der Waals surface area (Å²) in [6.07, 6.45) is 5.11. The van der Waals surface area contributed by atoms with E-state index in [2.05, 4.69) is 27.7 Å². The van der Waals surface area contributed by atoms with Crippen molar-refractivity contribution in [3.8, 4) is 0 Å². The lowest BCUT2D eigenvalue weighted by Crippen LogP contribution is -2.50. The molecular formula is C21H23N3O2S. The van der Waals surface area contributed by atoms with E-state index in [1.54, 1.807) is 17.8 Å². The molecule has 2 aromatic carbocycles. The molecule has 1 atom stereocenters. The molecule has 0 bridgehead atoms. The standard InChI is InChI=1S/C21H23N3O2S/c1-27-16-8-5-14(6-9-16)13-22-20(25)15-7-10-18-17(12-15)23-21(26)19-4-2-3-11-24(18)19/h5-10,12,19H,2-4,11,13H2,1H3,(H,22,25)(H,23,26).